The predicted molar refractivity (Wildman–Crippen MR) is 69.8 cm³/mol. The van der Waals surface area contributed by atoms with Gasteiger partial charge in [0, 0.05) is 25.7 Å². The van der Waals surface area contributed by atoms with Gasteiger partial charge in [0.05, 0.1) is 12.1 Å². The van der Waals surface area contributed by atoms with Crippen molar-refractivity contribution in [1.82, 2.24) is 15.1 Å². The lowest BCUT2D eigenvalue weighted by molar-refractivity contribution is 0.121. The quantitative estimate of drug-likeness (QED) is 0.627. The molecule has 4 nitrogen and oxygen atoms in total. The van der Waals surface area contributed by atoms with E-state index >= 15 is 0 Å². The van der Waals surface area contributed by atoms with Crippen LogP contribution >= 0.6 is 0 Å². The Morgan fingerprint density at radius 3 is 2.12 bits per heavy atom. The van der Waals surface area contributed by atoms with Crippen LogP contribution in [0, 0.1) is 0 Å². The van der Waals surface area contributed by atoms with Crippen molar-refractivity contribution in [1.29, 1.82) is 0 Å². The molecule has 0 aliphatic rings. The summed E-state index contributed by atoms with van der Waals surface area (Å²) in [6.45, 7) is 9.36. The minimum Gasteiger partial charge on any atom is -0.394 e. The fourth-order valence-electron chi connectivity index (χ4n) is 1.88. The van der Waals surface area contributed by atoms with E-state index in [4.69, 9.17) is 0 Å². The average molecular weight is 231 g/mol. The molecular formula is C12H29N3O. The van der Waals surface area contributed by atoms with Crippen LogP contribution in [0.15, 0.2) is 0 Å². The smallest absolute Gasteiger partial charge is 0.0623 e. The molecule has 0 aromatic heterocycles. The minimum absolute atomic E-state index is 0.164. The molecule has 0 heterocycles. The van der Waals surface area contributed by atoms with E-state index in [-0.39, 0.29) is 12.1 Å². The number of aliphatic hydroxyl groups excluding tert-OH is 1. The monoisotopic (exact) mass is 231 g/mol. The van der Waals surface area contributed by atoms with Crippen molar-refractivity contribution in [2.24, 2.45) is 0 Å². The molecule has 16 heavy (non-hydrogen) atoms. The summed E-state index contributed by atoms with van der Waals surface area (Å²) in [6, 6.07) is 0.388. The van der Waals surface area contributed by atoms with E-state index in [1.807, 2.05) is 0 Å². The molecule has 0 saturated carbocycles. The largest absolute Gasteiger partial charge is 0.394 e. The normalized spacial score (nSPS) is 16.1. The molecule has 1 atom stereocenters. The van der Waals surface area contributed by atoms with Crippen molar-refractivity contribution >= 4 is 0 Å². The first-order valence-corrected chi connectivity index (χ1v) is 6.01. The summed E-state index contributed by atoms with van der Waals surface area (Å²) >= 11 is 0. The van der Waals surface area contributed by atoms with Gasteiger partial charge >= 0.3 is 0 Å². The van der Waals surface area contributed by atoms with Crippen molar-refractivity contribution in [2.45, 2.75) is 32.4 Å². The van der Waals surface area contributed by atoms with Crippen molar-refractivity contribution < 1.29 is 5.11 Å². The summed E-state index contributed by atoms with van der Waals surface area (Å²) in [4.78, 5) is 4.42. The van der Waals surface area contributed by atoms with Gasteiger partial charge in [-0.25, -0.2) is 0 Å². The van der Waals surface area contributed by atoms with Crippen LogP contribution in [-0.2, 0) is 0 Å². The van der Waals surface area contributed by atoms with Crippen molar-refractivity contribution in [3.8, 4) is 0 Å². The molecule has 4 heteroatoms. The summed E-state index contributed by atoms with van der Waals surface area (Å²) < 4.78 is 0. The third-order valence-corrected chi connectivity index (χ3v) is 2.53. The van der Waals surface area contributed by atoms with Gasteiger partial charge in [-0.05, 0) is 28.1 Å². The van der Waals surface area contributed by atoms with Gasteiger partial charge < -0.3 is 20.2 Å². The van der Waals surface area contributed by atoms with Gasteiger partial charge in [0.25, 0.3) is 0 Å². The Morgan fingerprint density at radius 2 is 1.75 bits per heavy atom. The van der Waals surface area contributed by atoms with Crippen LogP contribution in [0.3, 0.4) is 0 Å². The second-order valence-electron chi connectivity index (χ2n) is 5.56. The fraction of sp³-hybridized carbons (Fsp3) is 1.00. The zero-order chi connectivity index (χ0) is 12.8. The number of likely N-dealkylation sites (N-methyl/N-ethyl adjacent to an activating group) is 2. The van der Waals surface area contributed by atoms with Crippen molar-refractivity contribution in [2.75, 3.05) is 47.4 Å². The Bertz CT molecular complexity index is 185. The van der Waals surface area contributed by atoms with Crippen molar-refractivity contribution in [3.05, 3.63) is 0 Å². The minimum atomic E-state index is -0.213. The molecule has 0 saturated heterocycles. The standard InChI is InChI=1S/C12H29N3O/c1-11(2)13-12(3,10-16)9-15(6)8-7-14(4)5/h11,13,16H,7-10H2,1-6H3. The third-order valence-electron chi connectivity index (χ3n) is 2.53. The van der Waals surface area contributed by atoms with Crippen LogP contribution in [0.1, 0.15) is 20.8 Å². The molecule has 0 bridgehead atoms. The lowest BCUT2D eigenvalue weighted by Gasteiger charge is -2.35. The summed E-state index contributed by atoms with van der Waals surface area (Å²) in [5.74, 6) is 0. The van der Waals surface area contributed by atoms with Gasteiger partial charge in [0.1, 0.15) is 0 Å². The molecule has 0 aromatic carbocycles. The second-order valence-corrected chi connectivity index (χ2v) is 5.56. The molecule has 0 rings (SSSR count). The van der Waals surface area contributed by atoms with Crippen LogP contribution < -0.4 is 5.32 Å². The topological polar surface area (TPSA) is 38.7 Å². The lowest BCUT2D eigenvalue weighted by Crippen LogP contribution is -2.56. The highest BCUT2D eigenvalue weighted by molar-refractivity contribution is 4.86. The van der Waals surface area contributed by atoms with Crippen LogP contribution in [0.4, 0.5) is 0 Å². The van der Waals surface area contributed by atoms with E-state index in [0.29, 0.717) is 6.04 Å². The van der Waals surface area contributed by atoms with Gasteiger partial charge in [-0.3, -0.25) is 0 Å². The highest BCUT2D eigenvalue weighted by Gasteiger charge is 2.25. The first-order chi connectivity index (χ1) is 7.29. The zero-order valence-electron chi connectivity index (χ0n) is 11.7. The molecule has 0 spiro atoms. The molecule has 0 aliphatic carbocycles. The molecule has 1 unspecified atom stereocenters. The van der Waals surface area contributed by atoms with Gasteiger partial charge in [-0.2, -0.15) is 0 Å². The fourth-order valence-corrected chi connectivity index (χ4v) is 1.88. The highest BCUT2D eigenvalue weighted by atomic mass is 16.3. The molecule has 0 radical (unpaired) electrons. The summed E-state index contributed by atoms with van der Waals surface area (Å²) in [5.41, 5.74) is -0.213. The SMILES string of the molecule is CC(C)NC(C)(CO)CN(C)CCN(C)C. The van der Waals surface area contributed by atoms with E-state index in [0.717, 1.165) is 19.6 Å². The van der Waals surface area contributed by atoms with Gasteiger partial charge in [0.15, 0.2) is 0 Å². The van der Waals surface area contributed by atoms with Crippen LogP contribution in [0.2, 0.25) is 0 Å². The maximum absolute atomic E-state index is 9.46. The Kier molecular flexibility index (Phi) is 7.15. The first kappa shape index (κ1) is 15.8. The third kappa shape index (κ3) is 7.17. The lowest BCUT2D eigenvalue weighted by atomic mass is 10.0. The van der Waals surface area contributed by atoms with E-state index in [1.165, 1.54) is 0 Å². The van der Waals surface area contributed by atoms with E-state index in [9.17, 15) is 5.11 Å². The summed E-state index contributed by atoms with van der Waals surface area (Å²) in [6.07, 6.45) is 0. The maximum atomic E-state index is 9.46. The van der Waals surface area contributed by atoms with Gasteiger partial charge in [-0.1, -0.05) is 13.8 Å². The number of nitrogens with one attached hydrogen (secondary N) is 1. The number of rotatable bonds is 8. The Labute approximate surface area is 101 Å². The van der Waals surface area contributed by atoms with Gasteiger partial charge in [-0.15, -0.1) is 0 Å². The summed E-state index contributed by atoms with van der Waals surface area (Å²) in [7, 11) is 6.25. The Hall–Kier alpha value is -0.160. The molecule has 0 amide bonds. The molecule has 0 aliphatic heterocycles. The average Bonchev–Trinajstić information content (AvgIpc) is 2.13. The second kappa shape index (κ2) is 7.22. The zero-order valence-corrected chi connectivity index (χ0v) is 11.7. The highest BCUT2D eigenvalue weighted by Crippen LogP contribution is 2.06. The summed E-state index contributed by atoms with van der Waals surface area (Å²) in [5, 5.41) is 12.9. The molecule has 98 valence electrons. The van der Waals surface area contributed by atoms with Crippen LogP contribution in [-0.4, -0.2) is 73.9 Å². The van der Waals surface area contributed by atoms with E-state index in [2.05, 4.69) is 57.0 Å². The Balaban J connectivity index is 4.09. The van der Waals surface area contributed by atoms with E-state index in [1.54, 1.807) is 0 Å². The maximum Gasteiger partial charge on any atom is 0.0623 e. The van der Waals surface area contributed by atoms with Crippen LogP contribution in [0.5, 0.6) is 0 Å². The van der Waals surface area contributed by atoms with Crippen LogP contribution in [0.25, 0.3) is 0 Å². The first-order valence-electron chi connectivity index (χ1n) is 6.01. The number of nitrogens with zero attached hydrogens (tertiary/aromatic N) is 2. The molecular weight excluding hydrogens is 202 g/mol. The van der Waals surface area contributed by atoms with E-state index < -0.39 is 0 Å². The van der Waals surface area contributed by atoms with Gasteiger partial charge in [0.2, 0.25) is 0 Å². The molecule has 0 aromatic rings. The predicted octanol–water partition coefficient (Wildman–Crippen LogP) is 0.229. The molecule has 0 fully saturated rings. The number of hydrogen-bond donors (Lipinski definition) is 2. The molecule has 2 N–H and O–H groups in total. The Morgan fingerprint density at radius 1 is 1.19 bits per heavy atom. The van der Waals surface area contributed by atoms with Crippen molar-refractivity contribution in [3.63, 3.8) is 0 Å². The number of aliphatic hydroxyl groups is 1. The number of hydrogen-bond acceptors (Lipinski definition) is 4.